The first-order valence-electron chi connectivity index (χ1n) is 5.98. The molecule has 0 unspecified atom stereocenters. The van der Waals surface area contributed by atoms with Crippen molar-refractivity contribution >= 4 is 11.4 Å². The molecule has 0 saturated carbocycles. The van der Waals surface area contributed by atoms with Gasteiger partial charge in [-0.3, -0.25) is 10.1 Å². The average Bonchev–Trinajstić information content (AvgIpc) is 2.85. The van der Waals surface area contributed by atoms with Crippen LogP contribution in [0.2, 0.25) is 0 Å². The molecule has 0 spiro atoms. The topological polar surface area (TPSA) is 108 Å². The van der Waals surface area contributed by atoms with Crippen LogP contribution in [-0.2, 0) is 6.42 Å². The summed E-state index contributed by atoms with van der Waals surface area (Å²) < 4.78 is 5.10. The maximum absolute atomic E-state index is 10.8. The summed E-state index contributed by atoms with van der Waals surface area (Å²) in [6.07, 6.45) is 2.75. The van der Waals surface area contributed by atoms with Gasteiger partial charge in [-0.05, 0) is 18.6 Å². The first kappa shape index (κ1) is 13.0. The van der Waals surface area contributed by atoms with E-state index in [0.29, 0.717) is 11.4 Å². The Morgan fingerprint density at radius 3 is 2.95 bits per heavy atom. The summed E-state index contributed by atoms with van der Waals surface area (Å²) in [6, 6.07) is 4.43. The lowest BCUT2D eigenvalue weighted by Crippen LogP contribution is -1.95. The minimum Gasteiger partial charge on any atom is -0.393 e. The predicted octanol–water partition coefficient (Wildman–Crippen LogP) is 2.57. The summed E-state index contributed by atoms with van der Waals surface area (Å²) in [7, 11) is 0. The molecule has 100 valence electrons. The number of aryl methyl sites for hydroxylation is 1. The maximum Gasteiger partial charge on any atom is 0.292 e. The Morgan fingerprint density at radius 2 is 2.26 bits per heavy atom. The molecule has 2 N–H and O–H groups in total. The van der Waals surface area contributed by atoms with Crippen LogP contribution in [0.15, 0.2) is 22.7 Å². The van der Waals surface area contributed by atoms with E-state index in [9.17, 15) is 10.1 Å². The highest BCUT2D eigenvalue weighted by molar-refractivity contribution is 5.67. The van der Waals surface area contributed by atoms with Gasteiger partial charge in [-0.15, -0.1) is 0 Å². The van der Waals surface area contributed by atoms with Crippen molar-refractivity contribution in [3.05, 3.63) is 34.1 Å². The zero-order valence-corrected chi connectivity index (χ0v) is 10.5. The standard InChI is InChI=1S/C12H14N4O3/c1-2-3-4-11-14-12(19-15-11)8-5-6-9(13)10(7-8)16(17)18/h5-7H,2-4,13H2,1H3. The molecule has 1 aromatic heterocycles. The largest absolute Gasteiger partial charge is 0.393 e. The predicted molar refractivity (Wildman–Crippen MR) is 69.4 cm³/mol. The lowest BCUT2D eigenvalue weighted by Gasteiger charge is -1.98. The van der Waals surface area contributed by atoms with Crippen LogP contribution in [0.4, 0.5) is 11.4 Å². The fourth-order valence-corrected chi connectivity index (χ4v) is 1.64. The monoisotopic (exact) mass is 262 g/mol. The number of unbranched alkanes of at least 4 members (excludes halogenated alkanes) is 1. The number of benzene rings is 1. The number of nitrogens with zero attached hydrogens (tertiary/aromatic N) is 3. The Hall–Kier alpha value is -2.44. The van der Waals surface area contributed by atoms with Crippen LogP contribution in [0.25, 0.3) is 11.5 Å². The number of aromatic nitrogens is 2. The van der Waals surface area contributed by atoms with Crippen molar-refractivity contribution in [1.82, 2.24) is 10.1 Å². The summed E-state index contributed by atoms with van der Waals surface area (Å²) in [6.45, 7) is 2.07. The number of hydrogen-bond acceptors (Lipinski definition) is 6. The van der Waals surface area contributed by atoms with Crippen LogP contribution in [0.1, 0.15) is 25.6 Å². The average molecular weight is 262 g/mol. The van der Waals surface area contributed by atoms with E-state index in [4.69, 9.17) is 10.3 Å². The molecule has 0 radical (unpaired) electrons. The Kier molecular flexibility index (Phi) is 3.74. The Balaban J connectivity index is 2.29. The second-order valence-electron chi connectivity index (χ2n) is 4.15. The van der Waals surface area contributed by atoms with Gasteiger partial charge in [-0.2, -0.15) is 4.98 Å². The SMILES string of the molecule is CCCCc1noc(-c2ccc(N)c([N+](=O)[O-])c2)n1. The van der Waals surface area contributed by atoms with E-state index in [1.807, 2.05) is 0 Å². The molecule has 2 aromatic rings. The third-order valence-corrected chi connectivity index (χ3v) is 2.70. The minimum absolute atomic E-state index is 0.111. The van der Waals surface area contributed by atoms with Gasteiger partial charge in [-0.25, -0.2) is 0 Å². The van der Waals surface area contributed by atoms with E-state index >= 15 is 0 Å². The summed E-state index contributed by atoms with van der Waals surface area (Å²) >= 11 is 0. The first-order chi connectivity index (χ1) is 9.11. The summed E-state index contributed by atoms with van der Waals surface area (Å²) in [5.41, 5.74) is 5.98. The van der Waals surface area contributed by atoms with Crippen molar-refractivity contribution in [2.75, 3.05) is 5.73 Å². The molecule has 1 aromatic carbocycles. The summed E-state index contributed by atoms with van der Waals surface area (Å²) in [5.74, 6) is 0.880. The van der Waals surface area contributed by atoms with Gasteiger partial charge in [0.1, 0.15) is 5.69 Å². The maximum atomic E-state index is 10.8. The van der Waals surface area contributed by atoms with Crippen molar-refractivity contribution in [1.29, 1.82) is 0 Å². The van der Waals surface area contributed by atoms with Crippen LogP contribution in [-0.4, -0.2) is 15.1 Å². The number of anilines is 1. The van der Waals surface area contributed by atoms with Crippen molar-refractivity contribution in [2.24, 2.45) is 0 Å². The van der Waals surface area contributed by atoms with E-state index in [2.05, 4.69) is 17.1 Å². The molecule has 0 aliphatic carbocycles. The molecule has 19 heavy (non-hydrogen) atoms. The molecule has 0 saturated heterocycles. The quantitative estimate of drug-likeness (QED) is 0.504. The lowest BCUT2D eigenvalue weighted by molar-refractivity contribution is -0.383. The molecule has 1 heterocycles. The van der Waals surface area contributed by atoms with Gasteiger partial charge in [0.2, 0.25) is 0 Å². The molecule has 0 fully saturated rings. The fraction of sp³-hybridized carbons (Fsp3) is 0.333. The highest BCUT2D eigenvalue weighted by Gasteiger charge is 2.16. The van der Waals surface area contributed by atoms with Gasteiger partial charge in [-0.1, -0.05) is 18.5 Å². The molecule has 7 nitrogen and oxygen atoms in total. The number of nitrogen functional groups attached to an aromatic ring is 1. The molecular formula is C12H14N4O3. The van der Waals surface area contributed by atoms with E-state index in [-0.39, 0.29) is 17.3 Å². The number of nitrogens with two attached hydrogens (primary N) is 1. The smallest absolute Gasteiger partial charge is 0.292 e. The van der Waals surface area contributed by atoms with Crippen LogP contribution in [0.3, 0.4) is 0 Å². The molecule has 0 aliphatic rings. The van der Waals surface area contributed by atoms with E-state index in [1.54, 1.807) is 6.07 Å². The molecule has 0 amide bonds. The molecule has 7 heteroatoms. The molecular weight excluding hydrogens is 248 g/mol. The van der Waals surface area contributed by atoms with Gasteiger partial charge in [0, 0.05) is 18.1 Å². The van der Waals surface area contributed by atoms with Gasteiger partial charge in [0.15, 0.2) is 5.82 Å². The summed E-state index contributed by atoms with van der Waals surface area (Å²) in [4.78, 5) is 14.5. The number of rotatable bonds is 5. The Labute approximate surface area is 109 Å². The van der Waals surface area contributed by atoms with Crippen LogP contribution < -0.4 is 5.73 Å². The number of hydrogen-bond donors (Lipinski definition) is 1. The number of nitro benzene ring substituents is 1. The normalized spacial score (nSPS) is 10.6. The van der Waals surface area contributed by atoms with Crippen LogP contribution >= 0.6 is 0 Å². The lowest BCUT2D eigenvalue weighted by atomic mass is 10.1. The van der Waals surface area contributed by atoms with Gasteiger partial charge in [0.05, 0.1) is 4.92 Å². The van der Waals surface area contributed by atoms with Crippen LogP contribution in [0, 0.1) is 10.1 Å². The molecule has 0 atom stereocenters. The van der Waals surface area contributed by atoms with Gasteiger partial charge >= 0.3 is 0 Å². The third-order valence-electron chi connectivity index (χ3n) is 2.70. The molecule has 0 bridgehead atoms. The molecule has 0 aliphatic heterocycles. The van der Waals surface area contributed by atoms with Crippen molar-refractivity contribution < 1.29 is 9.45 Å². The highest BCUT2D eigenvalue weighted by Crippen LogP contribution is 2.27. The minimum atomic E-state index is -0.535. The third kappa shape index (κ3) is 2.87. The number of nitro groups is 1. The second-order valence-corrected chi connectivity index (χ2v) is 4.15. The van der Waals surface area contributed by atoms with Crippen molar-refractivity contribution in [3.8, 4) is 11.5 Å². The van der Waals surface area contributed by atoms with Crippen molar-refractivity contribution in [2.45, 2.75) is 26.2 Å². The Bertz CT molecular complexity index is 594. The second kappa shape index (κ2) is 5.47. The van der Waals surface area contributed by atoms with Gasteiger partial charge < -0.3 is 10.3 Å². The Morgan fingerprint density at radius 1 is 1.47 bits per heavy atom. The molecule has 2 rings (SSSR count). The first-order valence-corrected chi connectivity index (χ1v) is 5.98. The van der Waals surface area contributed by atoms with Crippen LogP contribution in [0.5, 0.6) is 0 Å². The zero-order valence-electron chi connectivity index (χ0n) is 10.5. The van der Waals surface area contributed by atoms with E-state index in [0.717, 1.165) is 19.3 Å². The summed E-state index contributed by atoms with van der Waals surface area (Å²) in [5, 5.41) is 14.7. The van der Waals surface area contributed by atoms with Crippen molar-refractivity contribution in [3.63, 3.8) is 0 Å². The van der Waals surface area contributed by atoms with E-state index in [1.165, 1.54) is 12.1 Å². The fourth-order valence-electron chi connectivity index (χ4n) is 1.64. The van der Waals surface area contributed by atoms with Gasteiger partial charge in [0.25, 0.3) is 11.6 Å². The highest BCUT2D eigenvalue weighted by atomic mass is 16.6. The zero-order chi connectivity index (χ0) is 13.8. The van der Waals surface area contributed by atoms with E-state index < -0.39 is 4.92 Å².